The number of rotatable bonds is 4. The first-order chi connectivity index (χ1) is 13.3. The summed E-state index contributed by atoms with van der Waals surface area (Å²) >= 11 is 0. The van der Waals surface area contributed by atoms with Gasteiger partial charge < -0.3 is 10.1 Å². The number of amides is 2. The van der Waals surface area contributed by atoms with Gasteiger partial charge in [0.2, 0.25) is 0 Å². The lowest BCUT2D eigenvalue weighted by Gasteiger charge is -2.20. The van der Waals surface area contributed by atoms with E-state index in [0.717, 1.165) is 16.3 Å². The highest BCUT2D eigenvalue weighted by atomic mass is 16.6. The van der Waals surface area contributed by atoms with Crippen molar-refractivity contribution in [2.45, 2.75) is 32.9 Å². The molecule has 0 aliphatic carbocycles. The largest absolute Gasteiger partial charge is 0.444 e. The lowest BCUT2D eigenvalue weighted by molar-refractivity contribution is 0.0636. The Morgan fingerprint density at radius 1 is 1.04 bits per heavy atom. The minimum Gasteiger partial charge on any atom is -0.444 e. The number of nitrogens with zero attached hydrogens (tertiary/aromatic N) is 1. The van der Waals surface area contributed by atoms with Gasteiger partial charge in [-0.05, 0) is 55.3 Å². The molecule has 3 rings (SSSR count). The van der Waals surface area contributed by atoms with Gasteiger partial charge in [-0.3, -0.25) is 15.1 Å². The van der Waals surface area contributed by atoms with E-state index >= 15 is 0 Å². The van der Waals surface area contributed by atoms with Gasteiger partial charge in [0.05, 0.1) is 11.3 Å². The molecule has 3 aromatic rings. The first-order valence-electron chi connectivity index (χ1n) is 9.02. The first-order valence-corrected chi connectivity index (χ1v) is 9.02. The average Bonchev–Trinajstić information content (AvgIpc) is 2.65. The van der Waals surface area contributed by atoms with Crippen LogP contribution in [0.4, 0.5) is 10.5 Å². The molecule has 2 amide bonds. The third kappa shape index (κ3) is 5.07. The van der Waals surface area contributed by atoms with Gasteiger partial charge in [0.1, 0.15) is 5.60 Å². The van der Waals surface area contributed by atoms with Crippen LogP contribution in [0, 0.1) is 0 Å². The standard InChI is InChI=1S/C22H23N3O3/c1-22(2,3)28-21(27)25-19-12-17-9-5-4-8-16(17)11-18(19)20(26)24-14-15-7-6-10-23-13-15/h4-13H,14H2,1-3H3,(H,24,26)(H,25,27). The van der Waals surface area contributed by atoms with E-state index in [1.54, 1.807) is 45.3 Å². The van der Waals surface area contributed by atoms with Crippen LogP contribution in [-0.4, -0.2) is 22.6 Å². The fraction of sp³-hybridized carbons (Fsp3) is 0.227. The van der Waals surface area contributed by atoms with E-state index in [0.29, 0.717) is 17.8 Å². The van der Waals surface area contributed by atoms with Gasteiger partial charge in [-0.1, -0.05) is 30.3 Å². The summed E-state index contributed by atoms with van der Waals surface area (Å²) in [7, 11) is 0. The monoisotopic (exact) mass is 377 g/mol. The Morgan fingerprint density at radius 3 is 2.39 bits per heavy atom. The van der Waals surface area contributed by atoms with E-state index < -0.39 is 11.7 Å². The smallest absolute Gasteiger partial charge is 0.412 e. The van der Waals surface area contributed by atoms with Crippen molar-refractivity contribution in [2.75, 3.05) is 5.32 Å². The number of fused-ring (bicyclic) bond motifs is 1. The molecule has 0 fully saturated rings. The molecule has 2 aromatic carbocycles. The molecule has 6 heteroatoms. The van der Waals surface area contributed by atoms with Crippen molar-refractivity contribution >= 4 is 28.5 Å². The molecule has 144 valence electrons. The normalized spacial score (nSPS) is 11.1. The summed E-state index contributed by atoms with van der Waals surface area (Å²) in [6.45, 7) is 5.70. The van der Waals surface area contributed by atoms with Crippen molar-refractivity contribution in [3.8, 4) is 0 Å². The van der Waals surface area contributed by atoms with Gasteiger partial charge in [0, 0.05) is 18.9 Å². The SMILES string of the molecule is CC(C)(C)OC(=O)Nc1cc2ccccc2cc1C(=O)NCc1cccnc1. The van der Waals surface area contributed by atoms with Crippen LogP contribution in [-0.2, 0) is 11.3 Å². The lowest BCUT2D eigenvalue weighted by Crippen LogP contribution is -2.29. The number of carbonyl (C=O) groups is 2. The molecular weight excluding hydrogens is 354 g/mol. The van der Waals surface area contributed by atoms with Gasteiger partial charge in [0.15, 0.2) is 0 Å². The number of aromatic nitrogens is 1. The van der Waals surface area contributed by atoms with E-state index in [2.05, 4.69) is 15.6 Å². The number of carbonyl (C=O) groups excluding carboxylic acids is 2. The maximum Gasteiger partial charge on any atom is 0.412 e. The van der Waals surface area contributed by atoms with Gasteiger partial charge in [0.25, 0.3) is 5.91 Å². The summed E-state index contributed by atoms with van der Waals surface area (Å²) in [5, 5.41) is 7.40. The van der Waals surface area contributed by atoms with Crippen molar-refractivity contribution in [1.82, 2.24) is 10.3 Å². The molecule has 0 atom stereocenters. The number of anilines is 1. The molecule has 0 radical (unpaired) electrons. The molecule has 2 N–H and O–H groups in total. The Bertz CT molecular complexity index is 995. The second kappa shape index (κ2) is 8.08. The molecule has 0 bridgehead atoms. The van der Waals surface area contributed by atoms with Crippen LogP contribution in [0.25, 0.3) is 10.8 Å². The maximum atomic E-state index is 12.8. The zero-order chi connectivity index (χ0) is 20.1. The highest BCUT2D eigenvalue weighted by Gasteiger charge is 2.19. The molecule has 1 aromatic heterocycles. The van der Waals surface area contributed by atoms with E-state index in [-0.39, 0.29) is 5.91 Å². The van der Waals surface area contributed by atoms with Gasteiger partial charge in [-0.15, -0.1) is 0 Å². The van der Waals surface area contributed by atoms with Crippen LogP contribution >= 0.6 is 0 Å². The molecule has 28 heavy (non-hydrogen) atoms. The number of benzene rings is 2. The maximum absolute atomic E-state index is 12.8. The molecule has 0 saturated carbocycles. The Hall–Kier alpha value is -3.41. The molecule has 1 heterocycles. The fourth-order valence-electron chi connectivity index (χ4n) is 2.73. The lowest BCUT2D eigenvalue weighted by atomic mass is 10.0. The van der Waals surface area contributed by atoms with Crippen molar-refractivity contribution in [2.24, 2.45) is 0 Å². The van der Waals surface area contributed by atoms with Gasteiger partial charge in [-0.25, -0.2) is 4.79 Å². The van der Waals surface area contributed by atoms with Crippen LogP contribution in [0.3, 0.4) is 0 Å². The van der Waals surface area contributed by atoms with E-state index in [9.17, 15) is 9.59 Å². The molecular formula is C22H23N3O3. The molecule has 0 saturated heterocycles. The number of pyridine rings is 1. The highest BCUT2D eigenvalue weighted by molar-refractivity contribution is 6.07. The van der Waals surface area contributed by atoms with Gasteiger partial charge >= 0.3 is 6.09 Å². The quantitative estimate of drug-likeness (QED) is 0.701. The van der Waals surface area contributed by atoms with Crippen LogP contribution in [0.15, 0.2) is 60.9 Å². The van der Waals surface area contributed by atoms with Gasteiger partial charge in [-0.2, -0.15) is 0 Å². The molecule has 0 aliphatic rings. The Labute approximate surface area is 163 Å². The second-order valence-electron chi connectivity index (χ2n) is 7.42. The molecule has 6 nitrogen and oxygen atoms in total. The molecule has 0 aliphatic heterocycles. The van der Waals surface area contributed by atoms with E-state index in [4.69, 9.17) is 4.74 Å². The van der Waals surface area contributed by atoms with Crippen molar-refractivity contribution in [3.05, 3.63) is 72.1 Å². The minimum atomic E-state index is -0.635. The summed E-state index contributed by atoms with van der Waals surface area (Å²) in [5.74, 6) is -0.291. The number of ether oxygens (including phenoxy) is 1. The zero-order valence-corrected chi connectivity index (χ0v) is 16.2. The number of hydrogen-bond donors (Lipinski definition) is 2. The minimum absolute atomic E-state index is 0.291. The number of hydrogen-bond acceptors (Lipinski definition) is 4. The third-order valence-corrected chi connectivity index (χ3v) is 3.94. The molecule has 0 spiro atoms. The zero-order valence-electron chi connectivity index (χ0n) is 16.2. The van der Waals surface area contributed by atoms with E-state index in [1.165, 1.54) is 0 Å². The van der Waals surface area contributed by atoms with Crippen LogP contribution in [0.2, 0.25) is 0 Å². The van der Waals surface area contributed by atoms with Crippen LogP contribution in [0.5, 0.6) is 0 Å². The summed E-state index contributed by atoms with van der Waals surface area (Å²) in [6.07, 6.45) is 2.77. The first kappa shape index (κ1) is 19.4. The van der Waals surface area contributed by atoms with Crippen LogP contribution in [0.1, 0.15) is 36.7 Å². The average molecular weight is 377 g/mol. The predicted molar refractivity (Wildman–Crippen MR) is 109 cm³/mol. The number of nitrogens with one attached hydrogen (secondary N) is 2. The Balaban J connectivity index is 1.87. The summed E-state index contributed by atoms with van der Waals surface area (Å²) in [5.41, 5.74) is 1.02. The summed E-state index contributed by atoms with van der Waals surface area (Å²) < 4.78 is 5.33. The Morgan fingerprint density at radius 2 is 1.75 bits per heavy atom. The topological polar surface area (TPSA) is 80.3 Å². The Kier molecular flexibility index (Phi) is 5.59. The second-order valence-corrected chi connectivity index (χ2v) is 7.42. The predicted octanol–water partition coefficient (Wildman–Crippen LogP) is 4.51. The highest BCUT2D eigenvalue weighted by Crippen LogP contribution is 2.25. The van der Waals surface area contributed by atoms with Crippen LogP contribution < -0.4 is 10.6 Å². The third-order valence-electron chi connectivity index (χ3n) is 3.94. The van der Waals surface area contributed by atoms with Crippen molar-refractivity contribution in [1.29, 1.82) is 0 Å². The van der Waals surface area contributed by atoms with E-state index in [1.807, 2.05) is 36.4 Å². The fourth-order valence-corrected chi connectivity index (χ4v) is 2.73. The van der Waals surface area contributed by atoms with Crippen molar-refractivity contribution < 1.29 is 14.3 Å². The summed E-state index contributed by atoms with van der Waals surface area (Å²) in [4.78, 5) is 29.1. The molecule has 0 unspecified atom stereocenters. The summed E-state index contributed by atoms with van der Waals surface area (Å²) in [6, 6.07) is 14.9. The van der Waals surface area contributed by atoms with Crippen molar-refractivity contribution in [3.63, 3.8) is 0 Å².